The van der Waals surface area contributed by atoms with Gasteiger partial charge in [-0.2, -0.15) is 0 Å². The van der Waals surface area contributed by atoms with Crippen molar-refractivity contribution in [3.63, 3.8) is 0 Å². The summed E-state index contributed by atoms with van der Waals surface area (Å²) in [5, 5.41) is 5.55. The molecule has 30 heavy (non-hydrogen) atoms. The van der Waals surface area contributed by atoms with Gasteiger partial charge in [0.05, 0.1) is 44.4 Å². The summed E-state index contributed by atoms with van der Waals surface area (Å²) in [5.74, 6) is 1.20. The monoisotopic (exact) mass is 408 g/mol. The zero-order valence-corrected chi connectivity index (χ0v) is 17.0. The van der Waals surface area contributed by atoms with Crippen LogP contribution in [0.15, 0.2) is 52.3 Å². The zero-order valence-electron chi connectivity index (χ0n) is 17.0. The van der Waals surface area contributed by atoms with Gasteiger partial charge in [0.2, 0.25) is 0 Å². The fourth-order valence-electron chi connectivity index (χ4n) is 3.42. The average Bonchev–Trinajstić information content (AvgIpc) is 3.18. The summed E-state index contributed by atoms with van der Waals surface area (Å²) in [6.07, 6.45) is 1.57. The van der Waals surface area contributed by atoms with Crippen molar-refractivity contribution in [3.05, 3.63) is 58.4 Å². The first-order valence-electron chi connectivity index (χ1n) is 9.69. The van der Waals surface area contributed by atoms with Gasteiger partial charge in [-0.1, -0.05) is 0 Å². The van der Waals surface area contributed by atoms with Crippen molar-refractivity contribution in [2.24, 2.45) is 4.99 Å². The number of aromatic amines is 2. The van der Waals surface area contributed by atoms with E-state index in [-0.39, 0.29) is 5.56 Å². The fraction of sp³-hybridized carbons (Fsp3) is 0.273. The van der Waals surface area contributed by atoms with E-state index >= 15 is 0 Å². The number of H-pyrrole nitrogens is 2. The summed E-state index contributed by atoms with van der Waals surface area (Å²) < 4.78 is 16.0. The summed E-state index contributed by atoms with van der Waals surface area (Å²) in [6, 6.07) is 13.4. The van der Waals surface area contributed by atoms with Crippen molar-refractivity contribution in [2.75, 3.05) is 45.4 Å². The number of aliphatic imine (C=N–C) groups is 1. The lowest BCUT2D eigenvalue weighted by Gasteiger charge is -2.28. The second kappa shape index (κ2) is 8.87. The highest BCUT2D eigenvalue weighted by atomic mass is 16.5. The predicted octanol–water partition coefficient (Wildman–Crippen LogP) is 2.97. The molecule has 2 aromatic carbocycles. The quantitative estimate of drug-likeness (QED) is 0.612. The molecule has 0 bridgehead atoms. The summed E-state index contributed by atoms with van der Waals surface area (Å²) in [7, 11) is 3.16. The number of hydrogen-bond donors (Lipinski definition) is 2. The minimum atomic E-state index is -0.242. The number of ether oxygens (including phenoxy) is 3. The Kier molecular flexibility index (Phi) is 5.85. The second-order valence-corrected chi connectivity index (χ2v) is 6.81. The first kappa shape index (κ1) is 19.8. The molecule has 0 aliphatic carbocycles. The third-order valence-corrected chi connectivity index (χ3v) is 5.06. The average molecular weight is 408 g/mol. The maximum absolute atomic E-state index is 12.3. The Hall–Kier alpha value is -3.52. The Morgan fingerprint density at radius 3 is 2.43 bits per heavy atom. The van der Waals surface area contributed by atoms with Gasteiger partial charge in [-0.05, 0) is 42.5 Å². The molecule has 2 heterocycles. The van der Waals surface area contributed by atoms with Crippen LogP contribution in [0.1, 0.15) is 5.56 Å². The number of hydrogen-bond acceptors (Lipinski definition) is 6. The standard InChI is InChI=1S/C22H24N4O4/c1-28-19-8-3-15(13-20(19)29-2)21-18(22(27)25-24-21)14-23-16-4-6-17(7-5-16)26-9-11-30-12-10-26/h3-8,13-14H,9-12H2,1-2H3,(H2,24,25,27). The SMILES string of the molecule is COc1ccc(-c2[nH][nH]c(=O)c2C=Nc2ccc(N3CCOCC3)cc2)cc1OC. The highest BCUT2D eigenvalue weighted by Gasteiger charge is 2.14. The molecule has 0 unspecified atom stereocenters. The van der Waals surface area contributed by atoms with Crippen LogP contribution in [0.4, 0.5) is 11.4 Å². The van der Waals surface area contributed by atoms with Crippen LogP contribution in [0.2, 0.25) is 0 Å². The van der Waals surface area contributed by atoms with Crippen LogP contribution in [-0.4, -0.2) is 56.9 Å². The van der Waals surface area contributed by atoms with Crippen LogP contribution in [-0.2, 0) is 4.74 Å². The molecule has 8 heteroatoms. The topological polar surface area (TPSA) is 91.9 Å². The summed E-state index contributed by atoms with van der Waals surface area (Å²) in [6.45, 7) is 3.26. The van der Waals surface area contributed by atoms with E-state index in [9.17, 15) is 4.79 Å². The molecule has 0 amide bonds. The first-order valence-corrected chi connectivity index (χ1v) is 9.69. The Balaban J connectivity index is 1.58. The lowest BCUT2D eigenvalue weighted by molar-refractivity contribution is 0.122. The zero-order chi connectivity index (χ0) is 20.9. The molecule has 1 aliphatic rings. The van der Waals surface area contributed by atoms with Crippen molar-refractivity contribution in [1.29, 1.82) is 0 Å². The number of benzene rings is 2. The molecule has 2 N–H and O–H groups in total. The lowest BCUT2D eigenvalue weighted by atomic mass is 10.1. The van der Waals surface area contributed by atoms with Gasteiger partial charge in [-0.15, -0.1) is 0 Å². The minimum Gasteiger partial charge on any atom is -0.493 e. The molecule has 0 saturated carbocycles. The number of methoxy groups -OCH3 is 2. The van der Waals surface area contributed by atoms with Gasteiger partial charge < -0.3 is 19.1 Å². The van der Waals surface area contributed by atoms with E-state index in [1.54, 1.807) is 26.5 Å². The van der Waals surface area contributed by atoms with Crippen molar-refractivity contribution < 1.29 is 14.2 Å². The van der Waals surface area contributed by atoms with Gasteiger partial charge in [-0.25, -0.2) is 0 Å². The molecule has 1 fully saturated rings. The molecule has 156 valence electrons. The smallest absolute Gasteiger partial charge is 0.273 e. The number of nitrogens with zero attached hydrogens (tertiary/aromatic N) is 2. The van der Waals surface area contributed by atoms with Crippen molar-refractivity contribution in [2.45, 2.75) is 0 Å². The summed E-state index contributed by atoms with van der Waals surface area (Å²) in [4.78, 5) is 19.1. The Morgan fingerprint density at radius 1 is 1.00 bits per heavy atom. The summed E-state index contributed by atoms with van der Waals surface area (Å²) in [5.41, 5.74) is 3.53. The van der Waals surface area contributed by atoms with Gasteiger partial charge in [0.1, 0.15) is 0 Å². The normalized spacial score (nSPS) is 14.3. The van der Waals surface area contributed by atoms with Gasteiger partial charge >= 0.3 is 0 Å². The van der Waals surface area contributed by atoms with Crippen molar-refractivity contribution in [1.82, 2.24) is 10.2 Å². The predicted molar refractivity (Wildman–Crippen MR) is 117 cm³/mol. The fourth-order valence-corrected chi connectivity index (χ4v) is 3.42. The van der Waals surface area contributed by atoms with Crippen LogP contribution in [0.25, 0.3) is 11.3 Å². The molecule has 4 rings (SSSR count). The van der Waals surface area contributed by atoms with Crippen molar-refractivity contribution >= 4 is 17.6 Å². The highest BCUT2D eigenvalue weighted by Crippen LogP contribution is 2.32. The Morgan fingerprint density at radius 2 is 1.73 bits per heavy atom. The maximum atomic E-state index is 12.3. The molecule has 0 atom stereocenters. The maximum Gasteiger partial charge on any atom is 0.273 e. The number of anilines is 1. The minimum absolute atomic E-state index is 0.242. The van der Waals surface area contributed by atoms with E-state index in [4.69, 9.17) is 14.2 Å². The Labute approximate surface area is 174 Å². The van der Waals surface area contributed by atoms with E-state index in [0.717, 1.165) is 43.2 Å². The van der Waals surface area contributed by atoms with Crippen LogP contribution in [0.3, 0.4) is 0 Å². The van der Waals surface area contributed by atoms with E-state index in [1.165, 1.54) is 0 Å². The van der Waals surface area contributed by atoms with Crippen LogP contribution < -0.4 is 19.9 Å². The van der Waals surface area contributed by atoms with Crippen LogP contribution in [0.5, 0.6) is 11.5 Å². The number of aromatic nitrogens is 2. The van der Waals surface area contributed by atoms with E-state index in [0.29, 0.717) is 22.8 Å². The van der Waals surface area contributed by atoms with Gasteiger partial charge in [0.25, 0.3) is 5.56 Å². The van der Waals surface area contributed by atoms with E-state index in [1.807, 2.05) is 36.4 Å². The molecule has 8 nitrogen and oxygen atoms in total. The highest BCUT2D eigenvalue weighted by molar-refractivity contribution is 5.90. The van der Waals surface area contributed by atoms with Gasteiger partial charge in [0.15, 0.2) is 11.5 Å². The van der Waals surface area contributed by atoms with Crippen molar-refractivity contribution in [3.8, 4) is 22.8 Å². The number of nitrogens with one attached hydrogen (secondary N) is 2. The van der Waals surface area contributed by atoms with Gasteiger partial charge in [0, 0.05) is 30.6 Å². The first-order chi connectivity index (χ1) is 14.7. The van der Waals surface area contributed by atoms with Crippen LogP contribution >= 0.6 is 0 Å². The molecule has 3 aromatic rings. The number of rotatable bonds is 6. The molecular weight excluding hydrogens is 384 g/mol. The largest absolute Gasteiger partial charge is 0.493 e. The molecule has 1 aromatic heterocycles. The van der Waals surface area contributed by atoms with Gasteiger partial charge in [-0.3, -0.25) is 20.0 Å². The number of morpholine rings is 1. The molecule has 0 radical (unpaired) electrons. The summed E-state index contributed by atoms with van der Waals surface area (Å²) >= 11 is 0. The van der Waals surface area contributed by atoms with E-state index in [2.05, 4.69) is 20.1 Å². The third-order valence-electron chi connectivity index (χ3n) is 5.06. The lowest BCUT2D eigenvalue weighted by Crippen LogP contribution is -2.36. The molecule has 1 saturated heterocycles. The van der Waals surface area contributed by atoms with Crippen LogP contribution in [0, 0.1) is 0 Å². The second-order valence-electron chi connectivity index (χ2n) is 6.81. The Bertz CT molecular complexity index is 1080. The molecule has 1 aliphatic heterocycles. The third kappa shape index (κ3) is 4.08. The van der Waals surface area contributed by atoms with E-state index < -0.39 is 0 Å². The molecular formula is C22H24N4O4. The molecule has 0 spiro atoms.